The molecule has 0 aliphatic carbocycles. The Morgan fingerprint density at radius 2 is 1.73 bits per heavy atom. The van der Waals surface area contributed by atoms with Crippen LogP contribution < -0.4 is 11.1 Å². The van der Waals surface area contributed by atoms with Gasteiger partial charge in [-0.25, -0.2) is 4.79 Å². The monoisotopic (exact) mass is 216 g/mol. The highest BCUT2D eigenvalue weighted by Gasteiger charge is 2.22. The lowest BCUT2D eigenvalue weighted by molar-refractivity contribution is -0.122. The molecule has 2 amide bonds. The van der Waals surface area contributed by atoms with Crippen molar-refractivity contribution < 1.29 is 14.3 Å². The maximum absolute atomic E-state index is 11.3. The molecule has 0 spiro atoms. The summed E-state index contributed by atoms with van der Waals surface area (Å²) >= 11 is 0. The highest BCUT2D eigenvalue weighted by molar-refractivity contribution is 5.94. The van der Waals surface area contributed by atoms with Crippen molar-refractivity contribution in [3.05, 3.63) is 0 Å². The van der Waals surface area contributed by atoms with E-state index in [9.17, 15) is 9.59 Å². The molecule has 0 aromatic rings. The molecular formula is C10H20N2O3. The molecule has 0 radical (unpaired) electrons. The largest absolute Gasteiger partial charge is 0.444 e. The molecule has 0 aliphatic rings. The number of carbonyl (C=O) groups is 2. The van der Waals surface area contributed by atoms with Crippen LogP contribution in [0, 0.1) is 5.92 Å². The van der Waals surface area contributed by atoms with Gasteiger partial charge in [-0.1, -0.05) is 13.8 Å². The summed E-state index contributed by atoms with van der Waals surface area (Å²) in [6.45, 7) is 8.77. The van der Waals surface area contributed by atoms with E-state index in [1.54, 1.807) is 34.6 Å². The van der Waals surface area contributed by atoms with Crippen LogP contribution in [0.1, 0.15) is 34.6 Å². The molecule has 0 aromatic heterocycles. The average Bonchev–Trinajstić information content (AvgIpc) is 1.98. The summed E-state index contributed by atoms with van der Waals surface area (Å²) in [7, 11) is 0. The Morgan fingerprint density at radius 1 is 1.27 bits per heavy atom. The van der Waals surface area contributed by atoms with E-state index >= 15 is 0 Å². The van der Waals surface area contributed by atoms with Crippen LogP contribution >= 0.6 is 0 Å². The number of ether oxygens (including phenoxy) is 1. The van der Waals surface area contributed by atoms with Gasteiger partial charge in [0.05, 0.1) is 6.04 Å². The van der Waals surface area contributed by atoms with Crippen LogP contribution in [0.15, 0.2) is 0 Å². The second-order valence-electron chi connectivity index (χ2n) is 4.76. The molecule has 0 bridgehead atoms. The van der Waals surface area contributed by atoms with Gasteiger partial charge in [0.15, 0.2) is 0 Å². The van der Waals surface area contributed by atoms with Crippen LogP contribution in [0.2, 0.25) is 0 Å². The number of rotatable bonds is 2. The Balaban J connectivity index is 4.14. The highest BCUT2D eigenvalue weighted by Crippen LogP contribution is 2.06. The third-order valence-corrected chi connectivity index (χ3v) is 1.65. The summed E-state index contributed by atoms with van der Waals surface area (Å²) in [6.07, 6.45) is -0.761. The van der Waals surface area contributed by atoms with Gasteiger partial charge in [-0.3, -0.25) is 10.1 Å². The van der Waals surface area contributed by atoms with Crippen LogP contribution in [0.4, 0.5) is 4.79 Å². The molecular weight excluding hydrogens is 196 g/mol. The molecule has 5 nitrogen and oxygen atoms in total. The first kappa shape index (κ1) is 13.9. The number of amides is 2. The van der Waals surface area contributed by atoms with E-state index in [2.05, 4.69) is 5.32 Å². The van der Waals surface area contributed by atoms with Crippen molar-refractivity contribution in [1.29, 1.82) is 0 Å². The van der Waals surface area contributed by atoms with Crippen LogP contribution in [0.25, 0.3) is 0 Å². The number of imide groups is 1. The topological polar surface area (TPSA) is 81.4 Å². The summed E-state index contributed by atoms with van der Waals surface area (Å²) < 4.78 is 4.91. The minimum absolute atomic E-state index is 0.0209. The molecule has 5 heteroatoms. The first-order chi connectivity index (χ1) is 6.63. The predicted octanol–water partition coefficient (Wildman–Crippen LogP) is 1.02. The van der Waals surface area contributed by atoms with Crippen molar-refractivity contribution in [2.45, 2.75) is 46.3 Å². The van der Waals surface area contributed by atoms with Gasteiger partial charge >= 0.3 is 6.09 Å². The smallest absolute Gasteiger partial charge is 0.414 e. The summed E-state index contributed by atoms with van der Waals surface area (Å²) in [5.74, 6) is -0.535. The van der Waals surface area contributed by atoms with E-state index in [1.165, 1.54) is 0 Å². The van der Waals surface area contributed by atoms with Crippen LogP contribution in [0.5, 0.6) is 0 Å². The van der Waals surface area contributed by atoms with Crippen LogP contribution in [-0.4, -0.2) is 23.6 Å². The highest BCUT2D eigenvalue weighted by atomic mass is 16.6. The number of nitrogens with one attached hydrogen (secondary N) is 1. The average molecular weight is 216 g/mol. The molecule has 0 saturated carbocycles. The first-order valence-electron chi connectivity index (χ1n) is 4.93. The number of hydrogen-bond donors (Lipinski definition) is 2. The van der Waals surface area contributed by atoms with Gasteiger partial charge in [0, 0.05) is 0 Å². The second-order valence-corrected chi connectivity index (χ2v) is 4.76. The molecule has 3 N–H and O–H groups in total. The van der Waals surface area contributed by atoms with Crippen molar-refractivity contribution in [2.24, 2.45) is 11.7 Å². The molecule has 0 aromatic carbocycles. The van der Waals surface area contributed by atoms with Crippen LogP contribution in [0.3, 0.4) is 0 Å². The fraction of sp³-hybridized carbons (Fsp3) is 0.800. The van der Waals surface area contributed by atoms with Crippen molar-refractivity contribution in [3.63, 3.8) is 0 Å². The quantitative estimate of drug-likeness (QED) is 0.722. The van der Waals surface area contributed by atoms with Gasteiger partial charge < -0.3 is 10.5 Å². The molecule has 0 aliphatic heterocycles. The molecule has 15 heavy (non-hydrogen) atoms. The Hall–Kier alpha value is -1.10. The van der Waals surface area contributed by atoms with Gasteiger partial charge in [0.2, 0.25) is 5.91 Å². The van der Waals surface area contributed by atoms with Gasteiger partial charge in [-0.2, -0.15) is 0 Å². The number of carbonyl (C=O) groups excluding carboxylic acids is 2. The SMILES string of the molecule is CC(C)C(N)C(=O)NC(=O)OC(C)(C)C. The third-order valence-electron chi connectivity index (χ3n) is 1.65. The normalized spacial score (nSPS) is 13.5. The molecule has 88 valence electrons. The van der Waals surface area contributed by atoms with Crippen molar-refractivity contribution >= 4 is 12.0 Å². The summed E-state index contributed by atoms with van der Waals surface area (Å²) in [5, 5.41) is 2.09. The maximum Gasteiger partial charge on any atom is 0.414 e. The zero-order valence-corrected chi connectivity index (χ0v) is 9.96. The fourth-order valence-electron chi connectivity index (χ4n) is 0.790. The minimum Gasteiger partial charge on any atom is -0.444 e. The van der Waals surface area contributed by atoms with Crippen molar-refractivity contribution in [2.75, 3.05) is 0 Å². The lowest BCUT2D eigenvalue weighted by Gasteiger charge is -2.20. The lowest BCUT2D eigenvalue weighted by atomic mass is 10.1. The molecule has 0 saturated heterocycles. The second kappa shape index (κ2) is 5.11. The number of alkyl carbamates (subject to hydrolysis) is 1. The predicted molar refractivity (Wildman–Crippen MR) is 57.2 cm³/mol. The molecule has 1 atom stereocenters. The van der Waals surface area contributed by atoms with Gasteiger partial charge in [0.1, 0.15) is 5.60 Å². The molecule has 0 heterocycles. The number of hydrogen-bond acceptors (Lipinski definition) is 4. The molecule has 0 rings (SSSR count). The Bertz CT molecular complexity index is 244. The van der Waals surface area contributed by atoms with E-state index in [0.29, 0.717) is 0 Å². The van der Waals surface area contributed by atoms with Crippen molar-refractivity contribution in [3.8, 4) is 0 Å². The van der Waals surface area contributed by atoms with E-state index in [4.69, 9.17) is 10.5 Å². The van der Waals surface area contributed by atoms with Crippen LogP contribution in [-0.2, 0) is 9.53 Å². The Morgan fingerprint density at radius 3 is 2.07 bits per heavy atom. The van der Waals surface area contributed by atoms with E-state index in [-0.39, 0.29) is 5.92 Å². The van der Waals surface area contributed by atoms with Crippen molar-refractivity contribution in [1.82, 2.24) is 5.32 Å². The zero-order valence-electron chi connectivity index (χ0n) is 9.96. The molecule has 0 fully saturated rings. The summed E-state index contributed by atoms with van der Waals surface area (Å²) in [6, 6.07) is -0.697. The van der Waals surface area contributed by atoms with E-state index in [1.807, 2.05) is 0 Å². The van der Waals surface area contributed by atoms with E-state index in [0.717, 1.165) is 0 Å². The Kier molecular flexibility index (Phi) is 4.74. The van der Waals surface area contributed by atoms with Gasteiger partial charge in [0.25, 0.3) is 0 Å². The van der Waals surface area contributed by atoms with Gasteiger partial charge in [-0.05, 0) is 26.7 Å². The standard InChI is InChI=1S/C10H20N2O3/c1-6(2)7(11)8(13)12-9(14)15-10(3,4)5/h6-7H,11H2,1-5H3,(H,12,13,14). The fourth-order valence-corrected chi connectivity index (χ4v) is 0.790. The lowest BCUT2D eigenvalue weighted by Crippen LogP contribution is -2.47. The molecule has 1 unspecified atom stereocenters. The maximum atomic E-state index is 11.3. The first-order valence-corrected chi connectivity index (χ1v) is 4.93. The number of nitrogens with two attached hydrogens (primary N) is 1. The van der Waals surface area contributed by atoms with E-state index < -0.39 is 23.6 Å². The zero-order chi connectivity index (χ0) is 12.2. The minimum atomic E-state index is -0.761. The summed E-state index contributed by atoms with van der Waals surface area (Å²) in [5.41, 5.74) is 4.93. The Labute approximate surface area is 90.4 Å². The third kappa shape index (κ3) is 6.06. The van der Waals surface area contributed by atoms with Gasteiger partial charge in [-0.15, -0.1) is 0 Å². The summed E-state index contributed by atoms with van der Waals surface area (Å²) in [4.78, 5) is 22.5.